The van der Waals surface area contributed by atoms with E-state index >= 15 is 0 Å². The van der Waals surface area contributed by atoms with Crippen LogP contribution in [0.25, 0.3) is 0 Å². The Kier molecular flexibility index (Phi) is 1.34. The van der Waals surface area contributed by atoms with Crippen LogP contribution in [0.4, 0.5) is 4.79 Å². The number of ether oxygens (including phenoxy) is 1. The zero-order valence-electron chi connectivity index (χ0n) is 6.80. The highest BCUT2D eigenvalue weighted by Crippen LogP contribution is 2.39. The Labute approximate surface area is 66.3 Å². The molecule has 11 heavy (non-hydrogen) atoms. The fourth-order valence-corrected chi connectivity index (χ4v) is 1.05. The molecule has 0 unspecified atom stereocenters. The summed E-state index contributed by atoms with van der Waals surface area (Å²) in [5.74, 6) is 0. The van der Waals surface area contributed by atoms with Gasteiger partial charge >= 0.3 is 6.09 Å². The second-order valence-electron chi connectivity index (χ2n) is 3.66. The first kappa shape index (κ1) is 6.95. The Bertz CT molecular complexity index is 183. The highest BCUT2D eigenvalue weighted by atomic mass is 16.6. The molecule has 2 rings (SSSR count). The molecule has 0 aromatic heterocycles. The van der Waals surface area contributed by atoms with Crippen molar-refractivity contribution < 1.29 is 9.53 Å². The number of carbonyl (C=O) groups is 1. The molecule has 1 amide bonds. The van der Waals surface area contributed by atoms with Crippen molar-refractivity contribution in [3.05, 3.63) is 0 Å². The highest BCUT2D eigenvalue weighted by Gasteiger charge is 2.43. The second kappa shape index (κ2) is 2.13. The molecule has 1 saturated carbocycles. The lowest BCUT2D eigenvalue weighted by atomic mass is 10.2. The van der Waals surface area contributed by atoms with Gasteiger partial charge in [-0.15, -0.1) is 0 Å². The van der Waals surface area contributed by atoms with Crippen LogP contribution in [0.3, 0.4) is 0 Å². The maximum atomic E-state index is 11.2. The molecule has 1 heterocycles. The van der Waals surface area contributed by atoms with Gasteiger partial charge in [0.15, 0.2) is 0 Å². The average Bonchev–Trinajstić information content (AvgIpc) is 2.41. The third-order valence-electron chi connectivity index (χ3n) is 2.40. The molecule has 0 spiro atoms. The Hall–Kier alpha value is -0.730. The van der Waals surface area contributed by atoms with E-state index in [1.54, 1.807) is 4.90 Å². The van der Waals surface area contributed by atoms with Crippen molar-refractivity contribution in [3.63, 3.8) is 0 Å². The van der Waals surface area contributed by atoms with Crippen LogP contribution in [0.1, 0.15) is 26.2 Å². The van der Waals surface area contributed by atoms with Crippen LogP contribution in [-0.4, -0.2) is 29.7 Å². The van der Waals surface area contributed by atoms with Gasteiger partial charge in [-0.1, -0.05) is 0 Å². The lowest BCUT2D eigenvalue weighted by Gasteiger charge is -2.31. The number of hydrogen-bond acceptors (Lipinski definition) is 2. The predicted molar refractivity (Wildman–Crippen MR) is 40.3 cm³/mol. The molecular weight excluding hydrogens is 142 g/mol. The number of likely N-dealkylation sites (tertiary alicyclic amines) is 1. The van der Waals surface area contributed by atoms with Crippen molar-refractivity contribution in [2.45, 2.75) is 31.8 Å². The number of rotatable bonds is 1. The van der Waals surface area contributed by atoms with Gasteiger partial charge in [0.1, 0.15) is 5.60 Å². The van der Waals surface area contributed by atoms with Gasteiger partial charge in [-0.2, -0.15) is 0 Å². The fraction of sp³-hybridized carbons (Fsp3) is 0.875. The fourth-order valence-electron chi connectivity index (χ4n) is 1.05. The van der Waals surface area contributed by atoms with Crippen molar-refractivity contribution in [2.75, 3.05) is 13.1 Å². The van der Waals surface area contributed by atoms with E-state index < -0.39 is 0 Å². The van der Waals surface area contributed by atoms with Crippen molar-refractivity contribution in [1.82, 2.24) is 4.90 Å². The normalized spacial score (nSPS) is 25.7. The van der Waals surface area contributed by atoms with Crippen LogP contribution in [0.5, 0.6) is 0 Å². The van der Waals surface area contributed by atoms with Gasteiger partial charge in [0.05, 0.1) is 0 Å². The minimum Gasteiger partial charge on any atom is -0.443 e. The molecule has 0 radical (unpaired) electrons. The summed E-state index contributed by atoms with van der Waals surface area (Å²) in [6.07, 6.45) is 3.08. The summed E-state index contributed by atoms with van der Waals surface area (Å²) in [6, 6.07) is 0. The maximum Gasteiger partial charge on any atom is 0.410 e. The number of hydrogen-bond donors (Lipinski definition) is 0. The van der Waals surface area contributed by atoms with Crippen LogP contribution in [0.2, 0.25) is 0 Å². The predicted octanol–water partition coefficient (Wildman–Crippen LogP) is 1.38. The first-order valence-electron chi connectivity index (χ1n) is 4.18. The van der Waals surface area contributed by atoms with Gasteiger partial charge in [-0.05, 0) is 26.2 Å². The molecule has 1 aliphatic heterocycles. The van der Waals surface area contributed by atoms with Gasteiger partial charge < -0.3 is 9.64 Å². The van der Waals surface area contributed by atoms with Gasteiger partial charge in [-0.3, -0.25) is 0 Å². The molecule has 3 nitrogen and oxygen atoms in total. The van der Waals surface area contributed by atoms with Crippen molar-refractivity contribution >= 4 is 6.09 Å². The van der Waals surface area contributed by atoms with Crippen molar-refractivity contribution in [2.24, 2.45) is 0 Å². The Balaban J connectivity index is 1.81. The second-order valence-corrected chi connectivity index (χ2v) is 3.66. The minimum atomic E-state index is -0.115. The van der Waals surface area contributed by atoms with E-state index in [1.807, 2.05) is 6.92 Å². The lowest BCUT2D eigenvalue weighted by Crippen LogP contribution is -2.43. The minimum absolute atomic E-state index is 0.104. The molecule has 1 saturated heterocycles. The maximum absolute atomic E-state index is 11.2. The van der Waals surface area contributed by atoms with E-state index in [-0.39, 0.29) is 11.7 Å². The topological polar surface area (TPSA) is 29.5 Å². The molecule has 0 aromatic carbocycles. The quantitative estimate of drug-likeness (QED) is 0.572. The largest absolute Gasteiger partial charge is 0.443 e. The number of nitrogens with zero attached hydrogens (tertiary/aromatic N) is 1. The number of amides is 1. The van der Waals surface area contributed by atoms with E-state index in [4.69, 9.17) is 4.74 Å². The Morgan fingerprint density at radius 1 is 1.45 bits per heavy atom. The van der Waals surface area contributed by atoms with Gasteiger partial charge in [0.2, 0.25) is 0 Å². The monoisotopic (exact) mass is 155 g/mol. The van der Waals surface area contributed by atoms with E-state index in [0.717, 1.165) is 32.4 Å². The average molecular weight is 155 g/mol. The molecule has 0 N–H and O–H groups in total. The van der Waals surface area contributed by atoms with Crippen LogP contribution in [0.15, 0.2) is 0 Å². The molecule has 0 bridgehead atoms. The molecule has 1 aliphatic carbocycles. The molecule has 0 atom stereocenters. The summed E-state index contributed by atoms with van der Waals surface area (Å²) >= 11 is 0. The molecule has 2 fully saturated rings. The third kappa shape index (κ3) is 1.32. The molecule has 62 valence electrons. The third-order valence-corrected chi connectivity index (χ3v) is 2.40. The molecule has 2 aliphatic rings. The van der Waals surface area contributed by atoms with Crippen LogP contribution >= 0.6 is 0 Å². The van der Waals surface area contributed by atoms with Crippen LogP contribution in [0, 0.1) is 0 Å². The zero-order chi connectivity index (χ0) is 7.90. The zero-order valence-corrected chi connectivity index (χ0v) is 6.80. The van der Waals surface area contributed by atoms with Gasteiger partial charge in [-0.25, -0.2) is 4.79 Å². The molecule has 0 aromatic rings. The van der Waals surface area contributed by atoms with E-state index in [0.29, 0.717) is 0 Å². The van der Waals surface area contributed by atoms with Crippen LogP contribution in [-0.2, 0) is 4.74 Å². The molecule has 3 heteroatoms. The van der Waals surface area contributed by atoms with Gasteiger partial charge in [0.25, 0.3) is 0 Å². The lowest BCUT2D eigenvalue weighted by molar-refractivity contribution is 0.0428. The smallest absolute Gasteiger partial charge is 0.410 e. The summed E-state index contributed by atoms with van der Waals surface area (Å²) < 4.78 is 5.24. The summed E-state index contributed by atoms with van der Waals surface area (Å²) in [5.41, 5.74) is -0.104. The van der Waals surface area contributed by atoms with E-state index in [1.165, 1.54) is 0 Å². The Morgan fingerprint density at radius 3 is 2.45 bits per heavy atom. The summed E-state index contributed by atoms with van der Waals surface area (Å²) in [5, 5.41) is 0. The summed E-state index contributed by atoms with van der Waals surface area (Å²) in [4.78, 5) is 12.9. The van der Waals surface area contributed by atoms with Crippen molar-refractivity contribution in [1.29, 1.82) is 0 Å². The SMILES string of the molecule is CC1(OC(=O)N2CCC2)CC1. The first-order valence-corrected chi connectivity index (χ1v) is 4.18. The summed E-state index contributed by atoms with van der Waals surface area (Å²) in [7, 11) is 0. The first-order chi connectivity index (χ1) is 5.20. The van der Waals surface area contributed by atoms with E-state index in [9.17, 15) is 4.79 Å². The summed E-state index contributed by atoms with van der Waals surface area (Å²) in [6.45, 7) is 3.76. The Morgan fingerprint density at radius 2 is 2.09 bits per heavy atom. The van der Waals surface area contributed by atoms with Crippen molar-refractivity contribution in [3.8, 4) is 0 Å². The van der Waals surface area contributed by atoms with Crippen LogP contribution < -0.4 is 0 Å². The standard InChI is InChI=1S/C8H13NO2/c1-8(3-4-8)11-7(10)9-5-2-6-9/h2-6H2,1H3. The van der Waals surface area contributed by atoms with E-state index in [2.05, 4.69) is 0 Å². The number of carbonyl (C=O) groups excluding carboxylic acids is 1. The molecular formula is C8H13NO2. The highest BCUT2D eigenvalue weighted by molar-refractivity contribution is 5.69. The van der Waals surface area contributed by atoms with Gasteiger partial charge in [0, 0.05) is 13.1 Å².